The fourth-order valence-electron chi connectivity index (χ4n) is 3.69. The van der Waals surface area contributed by atoms with Gasteiger partial charge in [0.1, 0.15) is 0 Å². The zero-order valence-corrected chi connectivity index (χ0v) is 13.1. The first-order valence-corrected chi connectivity index (χ1v) is 8.39. The summed E-state index contributed by atoms with van der Waals surface area (Å²) in [5, 5.41) is 10.4. The van der Waals surface area contributed by atoms with Crippen molar-refractivity contribution in [1.29, 1.82) is 0 Å². The highest BCUT2D eigenvalue weighted by Gasteiger charge is 2.38. The lowest BCUT2D eigenvalue weighted by atomic mass is 9.75. The standard InChI is InChI=1S/C18H26N2O2/c19-18(9-5-10-18)13-17(22)20-11-4-8-15(20)12-16(21)14-6-2-1-3-7-14/h1-3,6-7,15-16,21H,4-5,8-13,19H2. The van der Waals surface area contributed by atoms with E-state index in [4.69, 9.17) is 5.73 Å². The van der Waals surface area contributed by atoms with Crippen LogP contribution in [0.2, 0.25) is 0 Å². The normalized spacial score (nSPS) is 24.8. The zero-order chi connectivity index (χ0) is 15.6. The van der Waals surface area contributed by atoms with E-state index >= 15 is 0 Å². The van der Waals surface area contributed by atoms with Crippen LogP contribution < -0.4 is 5.73 Å². The molecule has 1 amide bonds. The van der Waals surface area contributed by atoms with Crippen LogP contribution >= 0.6 is 0 Å². The molecule has 0 radical (unpaired) electrons. The van der Waals surface area contributed by atoms with Crippen molar-refractivity contribution < 1.29 is 9.90 Å². The van der Waals surface area contributed by atoms with E-state index in [1.54, 1.807) is 0 Å². The Morgan fingerprint density at radius 1 is 1.32 bits per heavy atom. The molecule has 3 rings (SSSR count). The highest BCUT2D eigenvalue weighted by atomic mass is 16.3. The number of likely N-dealkylation sites (tertiary alicyclic amines) is 1. The number of amides is 1. The first-order valence-electron chi connectivity index (χ1n) is 8.39. The van der Waals surface area contributed by atoms with Crippen molar-refractivity contribution in [2.45, 2.75) is 62.6 Å². The second kappa shape index (κ2) is 6.39. The fourth-order valence-corrected chi connectivity index (χ4v) is 3.69. The summed E-state index contributed by atoms with van der Waals surface area (Å²) in [7, 11) is 0. The van der Waals surface area contributed by atoms with Crippen molar-refractivity contribution in [3.63, 3.8) is 0 Å². The van der Waals surface area contributed by atoms with Crippen LogP contribution in [0.4, 0.5) is 0 Å². The Hall–Kier alpha value is -1.39. The minimum absolute atomic E-state index is 0.145. The van der Waals surface area contributed by atoms with Gasteiger partial charge in [0.15, 0.2) is 0 Å². The number of nitrogens with two attached hydrogens (primary N) is 1. The van der Waals surface area contributed by atoms with Crippen molar-refractivity contribution in [2.75, 3.05) is 6.54 Å². The highest BCUT2D eigenvalue weighted by Crippen LogP contribution is 2.34. The molecule has 2 atom stereocenters. The molecule has 1 aliphatic carbocycles. The summed E-state index contributed by atoms with van der Waals surface area (Å²) in [4.78, 5) is 14.5. The molecule has 1 saturated heterocycles. The third-order valence-electron chi connectivity index (χ3n) is 5.23. The SMILES string of the molecule is NC1(CC(=O)N2CCCC2CC(O)c2ccccc2)CCC1. The van der Waals surface area contributed by atoms with E-state index in [2.05, 4.69) is 0 Å². The monoisotopic (exact) mass is 302 g/mol. The lowest BCUT2D eigenvalue weighted by Crippen LogP contribution is -2.51. The van der Waals surface area contributed by atoms with Crippen LogP contribution in [0.25, 0.3) is 0 Å². The van der Waals surface area contributed by atoms with E-state index < -0.39 is 6.10 Å². The summed E-state index contributed by atoms with van der Waals surface area (Å²) in [6.07, 6.45) is 5.64. The Labute approximate surface area is 132 Å². The maximum Gasteiger partial charge on any atom is 0.224 e. The quantitative estimate of drug-likeness (QED) is 0.877. The number of hydrogen-bond acceptors (Lipinski definition) is 3. The predicted molar refractivity (Wildman–Crippen MR) is 86.1 cm³/mol. The summed E-state index contributed by atoms with van der Waals surface area (Å²) >= 11 is 0. The number of benzene rings is 1. The molecule has 1 saturated carbocycles. The Bertz CT molecular complexity index is 513. The average molecular weight is 302 g/mol. The second-order valence-corrected chi connectivity index (χ2v) is 6.94. The van der Waals surface area contributed by atoms with Gasteiger partial charge >= 0.3 is 0 Å². The Balaban J connectivity index is 1.59. The molecule has 0 spiro atoms. The molecular formula is C18H26N2O2. The van der Waals surface area contributed by atoms with Gasteiger partial charge in [0.05, 0.1) is 6.10 Å². The summed E-state index contributed by atoms with van der Waals surface area (Å²) in [6, 6.07) is 9.84. The number of carbonyl (C=O) groups excluding carboxylic acids is 1. The van der Waals surface area contributed by atoms with Gasteiger partial charge in [-0.25, -0.2) is 0 Å². The lowest BCUT2D eigenvalue weighted by Gasteiger charge is -2.39. The van der Waals surface area contributed by atoms with Gasteiger partial charge in [-0.2, -0.15) is 0 Å². The molecule has 2 aliphatic rings. The van der Waals surface area contributed by atoms with Gasteiger partial charge in [-0.1, -0.05) is 30.3 Å². The van der Waals surface area contributed by atoms with E-state index in [-0.39, 0.29) is 17.5 Å². The number of aliphatic hydroxyl groups excluding tert-OH is 1. The number of hydrogen-bond donors (Lipinski definition) is 2. The Morgan fingerprint density at radius 2 is 2.05 bits per heavy atom. The molecule has 1 aliphatic heterocycles. The second-order valence-electron chi connectivity index (χ2n) is 6.94. The van der Waals surface area contributed by atoms with Crippen molar-refractivity contribution >= 4 is 5.91 Å². The first-order chi connectivity index (χ1) is 10.6. The maximum absolute atomic E-state index is 12.5. The first kappa shape index (κ1) is 15.5. The molecule has 1 aromatic rings. The summed E-state index contributed by atoms with van der Waals surface area (Å²) in [5.74, 6) is 0.171. The van der Waals surface area contributed by atoms with Crippen LogP contribution in [-0.4, -0.2) is 34.0 Å². The molecule has 4 heteroatoms. The molecule has 1 aromatic carbocycles. The van der Waals surface area contributed by atoms with Crippen molar-refractivity contribution in [2.24, 2.45) is 5.73 Å². The number of rotatable bonds is 5. The van der Waals surface area contributed by atoms with Crippen LogP contribution in [0.15, 0.2) is 30.3 Å². The van der Waals surface area contributed by atoms with Gasteiger partial charge in [-0.3, -0.25) is 4.79 Å². The van der Waals surface area contributed by atoms with Gasteiger partial charge in [0.2, 0.25) is 5.91 Å². The van der Waals surface area contributed by atoms with Crippen LogP contribution in [0, 0.1) is 0 Å². The highest BCUT2D eigenvalue weighted by molar-refractivity contribution is 5.78. The molecule has 0 aromatic heterocycles. The molecular weight excluding hydrogens is 276 g/mol. The van der Waals surface area contributed by atoms with Gasteiger partial charge in [0.25, 0.3) is 0 Å². The average Bonchev–Trinajstić information content (AvgIpc) is 2.94. The summed E-state index contributed by atoms with van der Waals surface area (Å²) in [6.45, 7) is 0.807. The Kier molecular flexibility index (Phi) is 4.50. The van der Waals surface area contributed by atoms with Gasteiger partial charge in [-0.05, 0) is 44.1 Å². The van der Waals surface area contributed by atoms with Crippen LogP contribution in [-0.2, 0) is 4.79 Å². The van der Waals surface area contributed by atoms with Crippen LogP contribution in [0.1, 0.15) is 56.6 Å². The zero-order valence-electron chi connectivity index (χ0n) is 13.1. The Morgan fingerprint density at radius 3 is 2.68 bits per heavy atom. The molecule has 3 N–H and O–H groups in total. The van der Waals surface area contributed by atoms with Crippen molar-refractivity contribution in [1.82, 2.24) is 4.90 Å². The van der Waals surface area contributed by atoms with E-state index in [0.29, 0.717) is 12.8 Å². The smallest absolute Gasteiger partial charge is 0.224 e. The van der Waals surface area contributed by atoms with E-state index in [1.165, 1.54) is 0 Å². The summed E-state index contributed by atoms with van der Waals surface area (Å²) < 4.78 is 0. The molecule has 120 valence electrons. The minimum atomic E-state index is -0.505. The van der Waals surface area contributed by atoms with Gasteiger partial charge in [0, 0.05) is 24.5 Å². The molecule has 2 fully saturated rings. The molecule has 1 heterocycles. The molecule has 4 nitrogen and oxygen atoms in total. The number of aliphatic hydroxyl groups is 1. The van der Waals surface area contributed by atoms with E-state index in [0.717, 1.165) is 44.2 Å². The van der Waals surface area contributed by atoms with Gasteiger partial charge in [-0.15, -0.1) is 0 Å². The van der Waals surface area contributed by atoms with Crippen LogP contribution in [0.3, 0.4) is 0 Å². The molecule has 0 bridgehead atoms. The van der Waals surface area contributed by atoms with E-state index in [9.17, 15) is 9.90 Å². The topological polar surface area (TPSA) is 66.6 Å². The third-order valence-corrected chi connectivity index (χ3v) is 5.23. The van der Waals surface area contributed by atoms with Gasteiger partial charge < -0.3 is 15.7 Å². The third kappa shape index (κ3) is 3.33. The lowest BCUT2D eigenvalue weighted by molar-refractivity contribution is -0.134. The molecule has 22 heavy (non-hydrogen) atoms. The number of nitrogens with zero attached hydrogens (tertiary/aromatic N) is 1. The fraction of sp³-hybridized carbons (Fsp3) is 0.611. The largest absolute Gasteiger partial charge is 0.388 e. The predicted octanol–water partition coefficient (Wildman–Crippen LogP) is 2.37. The molecule has 2 unspecified atom stereocenters. The number of carbonyl (C=O) groups is 1. The van der Waals surface area contributed by atoms with Crippen molar-refractivity contribution in [3.05, 3.63) is 35.9 Å². The summed E-state index contributed by atoms with van der Waals surface area (Å²) in [5.41, 5.74) is 6.88. The maximum atomic E-state index is 12.5. The minimum Gasteiger partial charge on any atom is -0.388 e. The van der Waals surface area contributed by atoms with Crippen LogP contribution in [0.5, 0.6) is 0 Å². The van der Waals surface area contributed by atoms with Crippen molar-refractivity contribution in [3.8, 4) is 0 Å². The van der Waals surface area contributed by atoms with E-state index in [1.807, 2.05) is 35.2 Å².